The molecule has 0 fully saturated rings. The summed E-state index contributed by atoms with van der Waals surface area (Å²) in [6, 6.07) is 4.68. The highest BCUT2D eigenvalue weighted by Gasteiger charge is 2.11. The van der Waals surface area contributed by atoms with E-state index in [4.69, 9.17) is 9.72 Å². The van der Waals surface area contributed by atoms with Crippen molar-refractivity contribution in [3.05, 3.63) is 34.2 Å². The number of hydrogen-bond acceptors (Lipinski definition) is 4. The van der Waals surface area contributed by atoms with Gasteiger partial charge in [-0.05, 0) is 38.8 Å². The van der Waals surface area contributed by atoms with Crippen molar-refractivity contribution in [3.63, 3.8) is 0 Å². The Morgan fingerprint density at radius 1 is 1.25 bits per heavy atom. The van der Waals surface area contributed by atoms with Gasteiger partial charge in [0.15, 0.2) is 5.13 Å². The molecule has 1 aromatic carbocycles. The standard InChI is InChI=1S/C16H22N2OS/c1-10-6-11(2)15(12(3)7-10)14-9-20-16(18-14)17-13(4)8-19-5/h6-7,9,13H,8H2,1-5H3,(H,17,18). The lowest BCUT2D eigenvalue weighted by Gasteiger charge is -2.11. The molecule has 0 aliphatic heterocycles. The number of nitrogens with one attached hydrogen (secondary N) is 1. The summed E-state index contributed by atoms with van der Waals surface area (Å²) < 4.78 is 5.13. The van der Waals surface area contributed by atoms with Crippen LogP contribution in [0.1, 0.15) is 23.6 Å². The quantitative estimate of drug-likeness (QED) is 0.897. The van der Waals surface area contributed by atoms with E-state index >= 15 is 0 Å². The number of methoxy groups -OCH3 is 1. The van der Waals surface area contributed by atoms with Gasteiger partial charge in [0.05, 0.1) is 12.3 Å². The summed E-state index contributed by atoms with van der Waals surface area (Å²) in [4.78, 5) is 4.71. The number of hydrogen-bond donors (Lipinski definition) is 1. The summed E-state index contributed by atoms with van der Waals surface area (Å²) in [6.45, 7) is 9.19. The van der Waals surface area contributed by atoms with Crippen molar-refractivity contribution >= 4 is 16.5 Å². The van der Waals surface area contributed by atoms with E-state index in [0.29, 0.717) is 6.61 Å². The molecule has 2 rings (SSSR count). The van der Waals surface area contributed by atoms with E-state index in [1.54, 1.807) is 18.4 Å². The Kier molecular flexibility index (Phi) is 4.78. The first kappa shape index (κ1) is 15.0. The Bertz CT molecular complexity index is 569. The van der Waals surface area contributed by atoms with Gasteiger partial charge < -0.3 is 10.1 Å². The molecule has 108 valence electrons. The number of aromatic nitrogens is 1. The molecule has 1 unspecified atom stereocenters. The summed E-state index contributed by atoms with van der Waals surface area (Å²) in [5.74, 6) is 0. The predicted molar refractivity (Wildman–Crippen MR) is 86.7 cm³/mol. The first-order valence-electron chi connectivity index (χ1n) is 6.80. The van der Waals surface area contributed by atoms with Gasteiger partial charge in [-0.25, -0.2) is 4.98 Å². The number of thiazole rings is 1. The maximum absolute atomic E-state index is 5.13. The van der Waals surface area contributed by atoms with E-state index in [9.17, 15) is 0 Å². The molecule has 0 saturated heterocycles. The van der Waals surface area contributed by atoms with Gasteiger partial charge >= 0.3 is 0 Å². The first-order valence-corrected chi connectivity index (χ1v) is 7.68. The third-order valence-electron chi connectivity index (χ3n) is 3.22. The molecule has 1 N–H and O–H groups in total. The highest BCUT2D eigenvalue weighted by atomic mass is 32.1. The van der Waals surface area contributed by atoms with Gasteiger partial charge in [-0.15, -0.1) is 11.3 Å². The van der Waals surface area contributed by atoms with Crippen molar-refractivity contribution < 1.29 is 4.74 Å². The minimum atomic E-state index is 0.263. The van der Waals surface area contributed by atoms with Crippen LogP contribution < -0.4 is 5.32 Å². The van der Waals surface area contributed by atoms with E-state index in [2.05, 4.69) is 50.5 Å². The van der Waals surface area contributed by atoms with Crippen LogP contribution in [0, 0.1) is 20.8 Å². The summed E-state index contributed by atoms with van der Waals surface area (Å²) in [5.41, 5.74) is 6.16. The van der Waals surface area contributed by atoms with Gasteiger partial charge in [0, 0.05) is 24.1 Å². The Morgan fingerprint density at radius 3 is 2.50 bits per heavy atom. The van der Waals surface area contributed by atoms with Gasteiger partial charge in [0.1, 0.15) is 0 Å². The fourth-order valence-corrected chi connectivity index (χ4v) is 3.36. The van der Waals surface area contributed by atoms with Crippen molar-refractivity contribution in [2.45, 2.75) is 33.7 Å². The molecule has 1 aromatic heterocycles. The second kappa shape index (κ2) is 6.37. The molecule has 1 atom stereocenters. The number of rotatable bonds is 5. The van der Waals surface area contributed by atoms with E-state index in [0.717, 1.165) is 10.8 Å². The zero-order valence-corrected chi connectivity index (χ0v) is 13.6. The third-order valence-corrected chi connectivity index (χ3v) is 4.00. The normalized spacial score (nSPS) is 12.4. The van der Waals surface area contributed by atoms with Crippen LogP contribution in [0.2, 0.25) is 0 Å². The van der Waals surface area contributed by atoms with Crippen LogP contribution >= 0.6 is 11.3 Å². The van der Waals surface area contributed by atoms with Gasteiger partial charge in [-0.2, -0.15) is 0 Å². The number of ether oxygens (including phenoxy) is 1. The molecule has 4 heteroatoms. The van der Waals surface area contributed by atoms with Gasteiger partial charge in [0.25, 0.3) is 0 Å². The molecular weight excluding hydrogens is 268 g/mol. The van der Waals surface area contributed by atoms with Gasteiger partial charge in [0.2, 0.25) is 0 Å². The van der Waals surface area contributed by atoms with E-state index in [-0.39, 0.29) is 6.04 Å². The topological polar surface area (TPSA) is 34.1 Å². The molecule has 1 heterocycles. The molecule has 0 spiro atoms. The fraction of sp³-hybridized carbons (Fsp3) is 0.438. The van der Waals surface area contributed by atoms with E-state index in [1.165, 1.54) is 22.3 Å². The average molecular weight is 290 g/mol. The largest absolute Gasteiger partial charge is 0.383 e. The molecule has 0 saturated carbocycles. The smallest absolute Gasteiger partial charge is 0.183 e. The Hall–Kier alpha value is -1.39. The van der Waals surface area contributed by atoms with Crippen LogP contribution in [0.4, 0.5) is 5.13 Å². The maximum Gasteiger partial charge on any atom is 0.183 e. The lowest BCUT2D eigenvalue weighted by Crippen LogP contribution is -2.20. The van der Waals surface area contributed by atoms with Crippen LogP contribution in [0.25, 0.3) is 11.3 Å². The summed E-state index contributed by atoms with van der Waals surface area (Å²) in [7, 11) is 1.71. The van der Waals surface area contributed by atoms with Crippen LogP contribution in [0.3, 0.4) is 0 Å². The SMILES string of the molecule is COCC(C)Nc1nc(-c2c(C)cc(C)cc2C)cs1. The number of aryl methyl sites for hydroxylation is 3. The second-order valence-electron chi connectivity index (χ2n) is 5.31. The molecule has 20 heavy (non-hydrogen) atoms. The minimum Gasteiger partial charge on any atom is -0.383 e. The zero-order chi connectivity index (χ0) is 14.7. The molecule has 3 nitrogen and oxygen atoms in total. The Morgan fingerprint density at radius 2 is 1.90 bits per heavy atom. The monoisotopic (exact) mass is 290 g/mol. The summed E-state index contributed by atoms with van der Waals surface area (Å²) in [6.07, 6.45) is 0. The maximum atomic E-state index is 5.13. The molecule has 0 aliphatic carbocycles. The van der Waals surface area contributed by atoms with Crippen LogP contribution in [-0.2, 0) is 4.74 Å². The summed E-state index contributed by atoms with van der Waals surface area (Å²) in [5, 5.41) is 6.43. The van der Waals surface area contributed by atoms with Gasteiger partial charge in [-0.1, -0.05) is 17.7 Å². The fourth-order valence-electron chi connectivity index (χ4n) is 2.54. The first-order chi connectivity index (χ1) is 9.51. The van der Waals surface area contributed by atoms with Crippen LogP contribution in [0.5, 0.6) is 0 Å². The third kappa shape index (κ3) is 3.38. The van der Waals surface area contributed by atoms with E-state index in [1.807, 2.05) is 0 Å². The number of benzene rings is 1. The Balaban J connectivity index is 2.25. The molecule has 2 aromatic rings. The Labute approximate surface area is 125 Å². The average Bonchev–Trinajstić information content (AvgIpc) is 2.76. The summed E-state index contributed by atoms with van der Waals surface area (Å²) >= 11 is 1.64. The molecule has 0 radical (unpaired) electrons. The van der Waals surface area contributed by atoms with Crippen molar-refractivity contribution in [2.75, 3.05) is 19.0 Å². The van der Waals surface area contributed by atoms with Crippen molar-refractivity contribution in [1.82, 2.24) is 4.98 Å². The van der Waals surface area contributed by atoms with Crippen LogP contribution in [-0.4, -0.2) is 24.7 Å². The molecular formula is C16H22N2OS. The highest BCUT2D eigenvalue weighted by Crippen LogP contribution is 2.31. The minimum absolute atomic E-state index is 0.263. The second-order valence-corrected chi connectivity index (χ2v) is 6.17. The van der Waals surface area contributed by atoms with Crippen LogP contribution in [0.15, 0.2) is 17.5 Å². The lowest BCUT2D eigenvalue weighted by atomic mass is 9.98. The van der Waals surface area contributed by atoms with Crippen molar-refractivity contribution in [3.8, 4) is 11.3 Å². The number of anilines is 1. The molecule has 0 aliphatic rings. The number of nitrogens with zero attached hydrogens (tertiary/aromatic N) is 1. The molecule has 0 bridgehead atoms. The van der Waals surface area contributed by atoms with Crippen molar-refractivity contribution in [2.24, 2.45) is 0 Å². The van der Waals surface area contributed by atoms with Gasteiger partial charge in [-0.3, -0.25) is 0 Å². The predicted octanol–water partition coefficient (Wildman–Crippen LogP) is 4.18. The molecule has 0 amide bonds. The highest BCUT2D eigenvalue weighted by molar-refractivity contribution is 7.14. The lowest BCUT2D eigenvalue weighted by molar-refractivity contribution is 0.190. The van der Waals surface area contributed by atoms with Crippen molar-refractivity contribution in [1.29, 1.82) is 0 Å². The van der Waals surface area contributed by atoms with E-state index < -0.39 is 0 Å². The zero-order valence-electron chi connectivity index (χ0n) is 12.8.